The molecule has 27 heavy (non-hydrogen) atoms. The molecule has 0 spiro atoms. The molecular weight excluding hydrogens is 350 g/mol. The summed E-state index contributed by atoms with van der Waals surface area (Å²) in [6, 6.07) is 10.5. The van der Waals surface area contributed by atoms with Crippen LogP contribution in [-0.4, -0.2) is 55.3 Å². The SMILES string of the molecule is COc1ccc(COCCNC(=O)c2ccnc(C(=O)NCCO)c2)cc1. The van der Waals surface area contributed by atoms with Crippen LogP contribution in [0.25, 0.3) is 0 Å². The Hall–Kier alpha value is -2.97. The molecule has 0 unspecified atom stereocenters. The monoisotopic (exact) mass is 373 g/mol. The number of hydrogen-bond acceptors (Lipinski definition) is 6. The molecule has 0 fully saturated rings. The molecule has 1 aromatic carbocycles. The highest BCUT2D eigenvalue weighted by Gasteiger charge is 2.11. The van der Waals surface area contributed by atoms with Crippen molar-refractivity contribution in [1.82, 2.24) is 15.6 Å². The third-order valence-electron chi connectivity index (χ3n) is 3.61. The number of pyridine rings is 1. The summed E-state index contributed by atoms with van der Waals surface area (Å²) in [6.45, 7) is 1.09. The minimum absolute atomic E-state index is 0.117. The van der Waals surface area contributed by atoms with Crippen molar-refractivity contribution >= 4 is 11.8 Å². The quantitative estimate of drug-likeness (QED) is 0.531. The Morgan fingerprint density at radius 3 is 2.52 bits per heavy atom. The topological polar surface area (TPSA) is 110 Å². The standard InChI is InChI=1S/C19H23N3O5/c1-26-16-4-2-14(3-5-16)13-27-11-9-22-18(24)15-6-7-20-17(12-15)19(25)21-8-10-23/h2-7,12,23H,8-11,13H2,1H3,(H,21,25)(H,22,24). The fraction of sp³-hybridized carbons (Fsp3) is 0.316. The molecule has 2 amide bonds. The number of hydrogen-bond donors (Lipinski definition) is 3. The van der Waals surface area contributed by atoms with E-state index in [1.165, 1.54) is 18.3 Å². The molecule has 144 valence electrons. The number of ether oxygens (including phenoxy) is 2. The molecule has 2 aromatic rings. The molecule has 2 rings (SSSR count). The van der Waals surface area contributed by atoms with E-state index < -0.39 is 5.91 Å². The number of aromatic nitrogens is 1. The van der Waals surface area contributed by atoms with Gasteiger partial charge in [-0.1, -0.05) is 12.1 Å². The number of carbonyl (C=O) groups is 2. The van der Waals surface area contributed by atoms with Crippen LogP contribution in [0.2, 0.25) is 0 Å². The predicted molar refractivity (Wildman–Crippen MR) is 98.6 cm³/mol. The van der Waals surface area contributed by atoms with Crippen LogP contribution in [0.5, 0.6) is 5.75 Å². The summed E-state index contributed by atoms with van der Waals surface area (Å²) in [5, 5.41) is 13.9. The zero-order chi connectivity index (χ0) is 19.5. The second-order valence-electron chi connectivity index (χ2n) is 5.57. The van der Waals surface area contributed by atoms with Crippen LogP contribution < -0.4 is 15.4 Å². The summed E-state index contributed by atoms with van der Waals surface area (Å²) in [7, 11) is 1.61. The molecule has 0 aliphatic heterocycles. The number of amides is 2. The lowest BCUT2D eigenvalue weighted by Crippen LogP contribution is -2.29. The number of aliphatic hydroxyl groups is 1. The molecule has 8 nitrogen and oxygen atoms in total. The summed E-state index contributed by atoms with van der Waals surface area (Å²) >= 11 is 0. The molecule has 0 bridgehead atoms. The van der Waals surface area contributed by atoms with Crippen molar-refractivity contribution < 1.29 is 24.2 Å². The van der Waals surface area contributed by atoms with Gasteiger partial charge in [-0.05, 0) is 29.8 Å². The molecule has 0 saturated carbocycles. The van der Waals surface area contributed by atoms with Crippen molar-refractivity contribution in [3.8, 4) is 5.75 Å². The van der Waals surface area contributed by atoms with Crippen LogP contribution in [0.3, 0.4) is 0 Å². The van der Waals surface area contributed by atoms with Crippen molar-refractivity contribution in [3.63, 3.8) is 0 Å². The van der Waals surface area contributed by atoms with Gasteiger partial charge in [-0.3, -0.25) is 14.6 Å². The fourth-order valence-electron chi connectivity index (χ4n) is 2.21. The number of nitrogens with zero attached hydrogens (tertiary/aromatic N) is 1. The van der Waals surface area contributed by atoms with Crippen LogP contribution in [-0.2, 0) is 11.3 Å². The van der Waals surface area contributed by atoms with Crippen molar-refractivity contribution in [2.75, 3.05) is 33.4 Å². The molecule has 1 heterocycles. The second kappa shape index (κ2) is 10.9. The highest BCUT2D eigenvalue weighted by atomic mass is 16.5. The number of aliphatic hydroxyl groups excluding tert-OH is 1. The van der Waals surface area contributed by atoms with Gasteiger partial charge in [0.2, 0.25) is 0 Å². The summed E-state index contributed by atoms with van der Waals surface area (Å²) in [6.07, 6.45) is 1.39. The fourth-order valence-corrected chi connectivity index (χ4v) is 2.21. The normalized spacial score (nSPS) is 10.3. The lowest BCUT2D eigenvalue weighted by atomic mass is 10.2. The Balaban J connectivity index is 1.74. The van der Waals surface area contributed by atoms with E-state index in [-0.39, 0.29) is 24.8 Å². The Morgan fingerprint density at radius 1 is 1.07 bits per heavy atom. The highest BCUT2D eigenvalue weighted by Crippen LogP contribution is 2.11. The van der Waals surface area contributed by atoms with Crippen LogP contribution in [0.4, 0.5) is 0 Å². The summed E-state index contributed by atoms with van der Waals surface area (Å²) in [5.74, 6) is 0.0240. The molecule has 8 heteroatoms. The van der Waals surface area contributed by atoms with Gasteiger partial charge in [-0.2, -0.15) is 0 Å². The van der Waals surface area contributed by atoms with Gasteiger partial charge in [0, 0.05) is 24.8 Å². The van der Waals surface area contributed by atoms with E-state index in [1.54, 1.807) is 7.11 Å². The first-order valence-corrected chi connectivity index (χ1v) is 8.48. The number of rotatable bonds is 10. The van der Waals surface area contributed by atoms with Crippen molar-refractivity contribution in [1.29, 1.82) is 0 Å². The Bertz CT molecular complexity index is 749. The van der Waals surface area contributed by atoms with Gasteiger partial charge in [0.1, 0.15) is 11.4 Å². The minimum atomic E-state index is -0.443. The lowest BCUT2D eigenvalue weighted by Gasteiger charge is -2.08. The van der Waals surface area contributed by atoms with E-state index in [0.717, 1.165) is 11.3 Å². The number of methoxy groups -OCH3 is 1. The van der Waals surface area contributed by atoms with Crippen molar-refractivity contribution in [3.05, 3.63) is 59.4 Å². The summed E-state index contributed by atoms with van der Waals surface area (Å²) in [5.41, 5.74) is 1.45. The lowest BCUT2D eigenvalue weighted by molar-refractivity contribution is 0.0900. The molecule has 0 aliphatic rings. The Morgan fingerprint density at radius 2 is 1.81 bits per heavy atom. The van der Waals surface area contributed by atoms with Gasteiger partial charge in [0.25, 0.3) is 11.8 Å². The zero-order valence-electron chi connectivity index (χ0n) is 15.1. The summed E-state index contributed by atoms with van der Waals surface area (Å²) in [4.78, 5) is 27.9. The van der Waals surface area contributed by atoms with Gasteiger partial charge < -0.3 is 25.2 Å². The zero-order valence-corrected chi connectivity index (χ0v) is 15.1. The van der Waals surface area contributed by atoms with Crippen molar-refractivity contribution in [2.45, 2.75) is 6.61 Å². The number of benzene rings is 1. The van der Waals surface area contributed by atoms with Crippen LogP contribution in [0.1, 0.15) is 26.4 Å². The Labute approximate surface area is 157 Å². The number of carbonyl (C=O) groups excluding carboxylic acids is 2. The van der Waals surface area contributed by atoms with Crippen molar-refractivity contribution in [2.24, 2.45) is 0 Å². The van der Waals surface area contributed by atoms with E-state index in [9.17, 15) is 9.59 Å². The maximum atomic E-state index is 12.2. The van der Waals surface area contributed by atoms with Crippen LogP contribution >= 0.6 is 0 Å². The van der Waals surface area contributed by atoms with Gasteiger partial charge in [0.05, 0.1) is 26.9 Å². The van der Waals surface area contributed by atoms with E-state index in [0.29, 0.717) is 25.3 Å². The molecule has 0 saturated heterocycles. The van der Waals surface area contributed by atoms with Crippen LogP contribution in [0, 0.1) is 0 Å². The average Bonchev–Trinajstić information content (AvgIpc) is 2.72. The summed E-state index contributed by atoms with van der Waals surface area (Å²) < 4.78 is 10.6. The molecular formula is C19H23N3O5. The van der Waals surface area contributed by atoms with Gasteiger partial charge in [0.15, 0.2) is 0 Å². The second-order valence-corrected chi connectivity index (χ2v) is 5.57. The minimum Gasteiger partial charge on any atom is -0.497 e. The first kappa shape index (κ1) is 20.3. The third kappa shape index (κ3) is 6.69. The van der Waals surface area contributed by atoms with Crippen LogP contribution in [0.15, 0.2) is 42.6 Å². The largest absolute Gasteiger partial charge is 0.497 e. The molecule has 0 aliphatic carbocycles. The Kier molecular flexibility index (Phi) is 8.21. The number of nitrogens with one attached hydrogen (secondary N) is 2. The van der Waals surface area contributed by atoms with E-state index >= 15 is 0 Å². The van der Waals surface area contributed by atoms with E-state index in [4.69, 9.17) is 14.6 Å². The van der Waals surface area contributed by atoms with Gasteiger partial charge in [-0.25, -0.2) is 0 Å². The van der Waals surface area contributed by atoms with Gasteiger partial charge in [-0.15, -0.1) is 0 Å². The maximum absolute atomic E-state index is 12.2. The van der Waals surface area contributed by atoms with Gasteiger partial charge >= 0.3 is 0 Å². The van der Waals surface area contributed by atoms with E-state index in [1.807, 2.05) is 24.3 Å². The first-order chi connectivity index (χ1) is 13.1. The molecule has 3 N–H and O–H groups in total. The highest BCUT2D eigenvalue weighted by molar-refractivity contribution is 5.98. The smallest absolute Gasteiger partial charge is 0.269 e. The predicted octanol–water partition coefficient (Wildman–Crippen LogP) is 0.759. The van der Waals surface area contributed by atoms with E-state index in [2.05, 4.69) is 15.6 Å². The maximum Gasteiger partial charge on any atom is 0.269 e. The molecule has 1 aromatic heterocycles. The molecule has 0 atom stereocenters. The average molecular weight is 373 g/mol. The third-order valence-corrected chi connectivity index (χ3v) is 3.61. The molecule has 0 radical (unpaired) electrons. The first-order valence-electron chi connectivity index (χ1n) is 8.48.